The smallest absolute Gasteiger partial charge is 0.206 e. The molecular formula is C8F9. The number of alkyl halides is 5. The van der Waals surface area contributed by atoms with Crippen molar-refractivity contribution < 1.29 is 39.5 Å². The second-order valence-electron chi connectivity index (χ2n) is 2.83. The molecule has 0 heterocycles. The van der Waals surface area contributed by atoms with E-state index in [9.17, 15) is 39.5 Å². The zero-order valence-electron chi connectivity index (χ0n) is 7.40. The SMILES string of the molecule is Fc1[c]c(F)c(C(F)(F)C(F)(F)F)c(F)c1F. The maximum atomic E-state index is 12.7. The maximum Gasteiger partial charge on any atom is 0.458 e. The fourth-order valence-corrected chi connectivity index (χ4v) is 0.934. The van der Waals surface area contributed by atoms with E-state index in [4.69, 9.17) is 0 Å². The van der Waals surface area contributed by atoms with Crippen molar-refractivity contribution in [2.75, 3.05) is 0 Å². The molecule has 0 N–H and O–H groups in total. The lowest BCUT2D eigenvalue weighted by molar-refractivity contribution is -0.291. The van der Waals surface area contributed by atoms with Gasteiger partial charge < -0.3 is 0 Å². The van der Waals surface area contributed by atoms with E-state index in [2.05, 4.69) is 0 Å². The van der Waals surface area contributed by atoms with Gasteiger partial charge in [0, 0.05) is 0 Å². The van der Waals surface area contributed by atoms with Crippen LogP contribution >= 0.6 is 0 Å². The van der Waals surface area contributed by atoms with Crippen LogP contribution in [0.3, 0.4) is 0 Å². The summed E-state index contributed by atoms with van der Waals surface area (Å²) in [5, 5.41) is 0. The normalized spacial score (nSPS) is 13.0. The molecule has 0 aliphatic rings. The van der Waals surface area contributed by atoms with Crippen LogP contribution in [-0.4, -0.2) is 6.18 Å². The first-order valence-electron chi connectivity index (χ1n) is 3.70. The molecule has 1 radical (unpaired) electrons. The summed E-state index contributed by atoms with van der Waals surface area (Å²) in [5.74, 6) is -16.6. The van der Waals surface area contributed by atoms with Crippen molar-refractivity contribution in [1.82, 2.24) is 0 Å². The Morgan fingerprint density at radius 3 is 1.59 bits per heavy atom. The Morgan fingerprint density at radius 2 is 1.18 bits per heavy atom. The van der Waals surface area contributed by atoms with Crippen LogP contribution in [0.4, 0.5) is 39.5 Å². The van der Waals surface area contributed by atoms with Crippen LogP contribution in [0.5, 0.6) is 0 Å². The molecule has 0 aliphatic heterocycles. The van der Waals surface area contributed by atoms with E-state index in [-0.39, 0.29) is 0 Å². The van der Waals surface area contributed by atoms with Gasteiger partial charge in [-0.25, -0.2) is 17.6 Å². The molecule has 95 valence electrons. The molecule has 0 aromatic heterocycles. The summed E-state index contributed by atoms with van der Waals surface area (Å²) >= 11 is 0. The van der Waals surface area contributed by atoms with Crippen LogP contribution in [-0.2, 0) is 5.92 Å². The van der Waals surface area contributed by atoms with E-state index in [0.29, 0.717) is 6.07 Å². The lowest BCUT2D eigenvalue weighted by Crippen LogP contribution is -2.36. The molecule has 0 fully saturated rings. The van der Waals surface area contributed by atoms with Crippen LogP contribution in [0, 0.1) is 29.3 Å². The van der Waals surface area contributed by atoms with E-state index >= 15 is 0 Å². The summed E-state index contributed by atoms with van der Waals surface area (Å²) < 4.78 is 111. The fourth-order valence-electron chi connectivity index (χ4n) is 0.934. The molecule has 1 aromatic rings. The number of rotatable bonds is 1. The summed E-state index contributed by atoms with van der Waals surface area (Å²) in [7, 11) is 0. The van der Waals surface area contributed by atoms with E-state index in [1.54, 1.807) is 0 Å². The third kappa shape index (κ3) is 2.05. The Bertz CT molecular complexity index is 445. The largest absolute Gasteiger partial charge is 0.458 e. The highest BCUT2D eigenvalue weighted by atomic mass is 19.4. The second-order valence-corrected chi connectivity index (χ2v) is 2.83. The third-order valence-electron chi connectivity index (χ3n) is 1.71. The molecule has 0 nitrogen and oxygen atoms in total. The summed E-state index contributed by atoms with van der Waals surface area (Å²) in [6.07, 6.45) is -6.35. The molecule has 0 aliphatic carbocycles. The van der Waals surface area contributed by atoms with Crippen molar-refractivity contribution in [3.8, 4) is 0 Å². The highest BCUT2D eigenvalue weighted by Gasteiger charge is 2.61. The zero-order valence-corrected chi connectivity index (χ0v) is 7.40. The summed E-state index contributed by atoms with van der Waals surface area (Å²) in [5.41, 5.74) is -2.93. The van der Waals surface area contributed by atoms with Crippen LogP contribution in [0.15, 0.2) is 0 Å². The van der Waals surface area contributed by atoms with Gasteiger partial charge in [0.15, 0.2) is 17.5 Å². The minimum absolute atomic E-state index is 0.598. The Balaban J connectivity index is 3.58. The maximum absolute atomic E-state index is 12.7. The van der Waals surface area contributed by atoms with Gasteiger partial charge >= 0.3 is 12.1 Å². The first-order valence-corrected chi connectivity index (χ1v) is 3.70. The van der Waals surface area contributed by atoms with Crippen molar-refractivity contribution in [2.45, 2.75) is 12.1 Å². The van der Waals surface area contributed by atoms with Crippen molar-refractivity contribution in [3.05, 3.63) is 34.9 Å². The first-order chi connectivity index (χ1) is 7.50. The van der Waals surface area contributed by atoms with Gasteiger partial charge in [0.25, 0.3) is 0 Å². The molecule has 0 amide bonds. The van der Waals surface area contributed by atoms with E-state index in [1.165, 1.54) is 0 Å². The van der Waals surface area contributed by atoms with E-state index < -0.39 is 40.9 Å². The average Bonchev–Trinajstić information content (AvgIpc) is 2.12. The van der Waals surface area contributed by atoms with Gasteiger partial charge in [0.2, 0.25) is 0 Å². The number of benzene rings is 1. The third-order valence-corrected chi connectivity index (χ3v) is 1.71. The zero-order chi connectivity index (χ0) is 13.6. The first kappa shape index (κ1) is 13.7. The van der Waals surface area contributed by atoms with Crippen molar-refractivity contribution in [2.24, 2.45) is 0 Å². The summed E-state index contributed by atoms with van der Waals surface area (Å²) in [6.45, 7) is 0. The molecule has 0 saturated carbocycles. The van der Waals surface area contributed by atoms with Gasteiger partial charge in [-0.05, 0) is 0 Å². The van der Waals surface area contributed by atoms with Gasteiger partial charge in [-0.3, -0.25) is 0 Å². The topological polar surface area (TPSA) is 0 Å². The highest BCUT2D eigenvalue weighted by molar-refractivity contribution is 5.27. The standard InChI is InChI=1S/C8F9/c9-2-1-3(10)5(11)6(12)4(2)7(13,14)8(15,16)17. The molecule has 0 bridgehead atoms. The minimum Gasteiger partial charge on any atom is -0.206 e. The quantitative estimate of drug-likeness (QED) is 0.413. The van der Waals surface area contributed by atoms with Crippen LogP contribution in [0.25, 0.3) is 0 Å². The number of hydrogen-bond acceptors (Lipinski definition) is 0. The van der Waals surface area contributed by atoms with Crippen molar-refractivity contribution in [1.29, 1.82) is 0 Å². The molecule has 0 atom stereocenters. The Hall–Kier alpha value is -1.41. The Kier molecular flexibility index (Phi) is 3.06. The average molecular weight is 267 g/mol. The lowest BCUT2D eigenvalue weighted by atomic mass is 10.1. The minimum atomic E-state index is -6.35. The van der Waals surface area contributed by atoms with Gasteiger partial charge in [0.05, 0.1) is 6.07 Å². The second kappa shape index (κ2) is 3.81. The molecule has 0 saturated heterocycles. The highest BCUT2D eigenvalue weighted by Crippen LogP contribution is 2.46. The number of halogens is 9. The summed E-state index contributed by atoms with van der Waals surface area (Å²) in [6, 6.07) is 0.598. The van der Waals surface area contributed by atoms with Gasteiger partial charge in [-0.2, -0.15) is 22.0 Å². The van der Waals surface area contributed by atoms with Crippen LogP contribution in [0.1, 0.15) is 5.56 Å². The number of hydrogen-bond donors (Lipinski definition) is 0. The molecule has 1 rings (SSSR count). The molecule has 17 heavy (non-hydrogen) atoms. The molecule has 9 heteroatoms. The van der Waals surface area contributed by atoms with Crippen molar-refractivity contribution in [3.63, 3.8) is 0 Å². The monoisotopic (exact) mass is 267 g/mol. The molecule has 0 spiro atoms. The molecule has 0 unspecified atom stereocenters. The van der Waals surface area contributed by atoms with Gasteiger partial charge in [-0.15, -0.1) is 0 Å². The van der Waals surface area contributed by atoms with E-state index in [1.807, 2.05) is 0 Å². The summed E-state index contributed by atoms with van der Waals surface area (Å²) in [4.78, 5) is 0. The van der Waals surface area contributed by atoms with Gasteiger partial charge in [-0.1, -0.05) is 0 Å². The van der Waals surface area contributed by atoms with Crippen LogP contribution < -0.4 is 0 Å². The lowest BCUT2D eigenvalue weighted by Gasteiger charge is -2.20. The van der Waals surface area contributed by atoms with Gasteiger partial charge in [0.1, 0.15) is 11.4 Å². The fraction of sp³-hybridized carbons (Fsp3) is 0.250. The predicted octanol–water partition coefficient (Wildman–Crippen LogP) is 3.70. The molecule has 1 aromatic carbocycles. The van der Waals surface area contributed by atoms with Crippen LogP contribution in [0.2, 0.25) is 0 Å². The van der Waals surface area contributed by atoms with E-state index in [0.717, 1.165) is 0 Å². The Labute approximate surface area is 87.7 Å². The predicted molar refractivity (Wildman–Crippen MR) is 35.1 cm³/mol. The molecular weight excluding hydrogens is 267 g/mol. The Morgan fingerprint density at radius 1 is 0.706 bits per heavy atom. The van der Waals surface area contributed by atoms with Crippen molar-refractivity contribution >= 4 is 0 Å².